The van der Waals surface area contributed by atoms with Crippen LogP contribution in [0.15, 0.2) is 24.5 Å². The molecule has 20 heavy (non-hydrogen) atoms. The van der Waals surface area contributed by atoms with Crippen molar-refractivity contribution in [3.8, 4) is 0 Å². The lowest BCUT2D eigenvalue weighted by atomic mass is 10.4. The lowest BCUT2D eigenvalue weighted by Crippen LogP contribution is -2.17. The molecule has 6 heteroatoms. The predicted molar refractivity (Wildman–Crippen MR) is 79.2 cm³/mol. The maximum Gasteiger partial charge on any atom is 0.137 e. The van der Waals surface area contributed by atoms with Gasteiger partial charge >= 0.3 is 0 Å². The van der Waals surface area contributed by atoms with E-state index in [-0.39, 0.29) is 0 Å². The number of nitrogens with one attached hydrogen (secondary N) is 1. The number of pyridine rings is 1. The standard InChI is InChI=1S/C14H20ClN3O2/c1-19-7-8-20-6-2-5-16-9-13-11-18-10-12(15)3-4-14(18)17-13/h3-4,10-11,16H,2,5-9H2,1H3. The fourth-order valence-electron chi connectivity index (χ4n) is 1.86. The van der Waals surface area contributed by atoms with Crippen LogP contribution < -0.4 is 5.32 Å². The molecule has 2 aromatic heterocycles. The number of ether oxygens (including phenoxy) is 2. The second-order valence-corrected chi connectivity index (χ2v) is 4.92. The van der Waals surface area contributed by atoms with E-state index in [4.69, 9.17) is 21.1 Å². The highest BCUT2D eigenvalue weighted by atomic mass is 35.5. The van der Waals surface area contributed by atoms with Gasteiger partial charge in [0, 0.05) is 32.7 Å². The molecule has 2 heterocycles. The summed E-state index contributed by atoms with van der Waals surface area (Å²) in [6.07, 6.45) is 4.82. The van der Waals surface area contributed by atoms with Crippen molar-refractivity contribution in [2.24, 2.45) is 0 Å². The minimum atomic E-state index is 0.650. The number of hydrogen-bond acceptors (Lipinski definition) is 4. The minimum absolute atomic E-state index is 0.650. The molecule has 0 spiro atoms. The summed E-state index contributed by atoms with van der Waals surface area (Å²) in [5.41, 5.74) is 1.92. The molecule has 0 amide bonds. The number of aromatic nitrogens is 2. The van der Waals surface area contributed by atoms with E-state index >= 15 is 0 Å². The van der Waals surface area contributed by atoms with Crippen LogP contribution in [0.2, 0.25) is 5.02 Å². The molecule has 5 nitrogen and oxygen atoms in total. The molecule has 0 fully saturated rings. The summed E-state index contributed by atoms with van der Waals surface area (Å²) in [6.45, 7) is 3.71. The van der Waals surface area contributed by atoms with Crippen LogP contribution in [0.5, 0.6) is 0 Å². The lowest BCUT2D eigenvalue weighted by molar-refractivity contribution is 0.0694. The Kier molecular flexibility index (Phi) is 6.26. The van der Waals surface area contributed by atoms with E-state index < -0.39 is 0 Å². The van der Waals surface area contributed by atoms with Gasteiger partial charge in [0.2, 0.25) is 0 Å². The average molecular weight is 298 g/mol. The predicted octanol–water partition coefficient (Wildman–Crippen LogP) is 2.13. The van der Waals surface area contributed by atoms with E-state index in [9.17, 15) is 0 Å². The molecule has 0 aliphatic rings. The third-order valence-corrected chi connectivity index (χ3v) is 3.07. The summed E-state index contributed by atoms with van der Waals surface area (Å²) < 4.78 is 12.2. The van der Waals surface area contributed by atoms with Crippen LogP contribution in [0.1, 0.15) is 12.1 Å². The van der Waals surface area contributed by atoms with Crippen LogP contribution in [0, 0.1) is 0 Å². The number of methoxy groups -OCH3 is 1. The number of hydrogen-bond donors (Lipinski definition) is 1. The number of fused-ring (bicyclic) bond motifs is 1. The van der Waals surface area contributed by atoms with Crippen LogP contribution in [0.4, 0.5) is 0 Å². The van der Waals surface area contributed by atoms with Crippen molar-refractivity contribution < 1.29 is 9.47 Å². The van der Waals surface area contributed by atoms with Gasteiger partial charge in [-0.2, -0.15) is 0 Å². The highest BCUT2D eigenvalue weighted by molar-refractivity contribution is 6.30. The van der Waals surface area contributed by atoms with E-state index in [1.54, 1.807) is 7.11 Å². The number of rotatable bonds is 9. The summed E-state index contributed by atoms with van der Waals surface area (Å²) in [7, 11) is 1.67. The monoisotopic (exact) mass is 297 g/mol. The van der Waals surface area contributed by atoms with E-state index in [1.807, 2.05) is 28.9 Å². The summed E-state index contributed by atoms with van der Waals surface area (Å²) in [6, 6.07) is 3.76. The van der Waals surface area contributed by atoms with Crippen molar-refractivity contribution in [1.82, 2.24) is 14.7 Å². The smallest absolute Gasteiger partial charge is 0.137 e. The van der Waals surface area contributed by atoms with Crippen molar-refractivity contribution in [1.29, 1.82) is 0 Å². The largest absolute Gasteiger partial charge is 0.382 e. The van der Waals surface area contributed by atoms with Crippen molar-refractivity contribution in [3.05, 3.63) is 35.2 Å². The highest BCUT2D eigenvalue weighted by Crippen LogP contribution is 2.11. The molecule has 0 radical (unpaired) electrons. The summed E-state index contributed by atoms with van der Waals surface area (Å²) in [4.78, 5) is 4.51. The van der Waals surface area contributed by atoms with Gasteiger partial charge < -0.3 is 19.2 Å². The van der Waals surface area contributed by atoms with Crippen molar-refractivity contribution in [3.63, 3.8) is 0 Å². The lowest BCUT2D eigenvalue weighted by Gasteiger charge is -2.04. The summed E-state index contributed by atoms with van der Waals surface area (Å²) in [5.74, 6) is 0. The SMILES string of the molecule is COCCOCCCNCc1cn2cc(Cl)ccc2n1. The van der Waals surface area contributed by atoms with Crippen molar-refractivity contribution >= 4 is 17.2 Å². The first kappa shape index (κ1) is 15.3. The molecule has 1 N–H and O–H groups in total. The number of halogens is 1. The zero-order valence-electron chi connectivity index (χ0n) is 11.6. The maximum absolute atomic E-state index is 5.94. The summed E-state index contributed by atoms with van der Waals surface area (Å²) in [5, 5.41) is 4.06. The molecule has 2 aromatic rings. The van der Waals surface area contributed by atoms with Crippen LogP contribution in [-0.4, -0.2) is 42.9 Å². The van der Waals surface area contributed by atoms with Gasteiger partial charge in [0.05, 0.1) is 23.9 Å². The fourth-order valence-corrected chi connectivity index (χ4v) is 2.03. The quantitative estimate of drug-likeness (QED) is 0.720. The third kappa shape index (κ3) is 4.76. The van der Waals surface area contributed by atoms with E-state index in [1.165, 1.54) is 0 Å². The first-order valence-corrected chi connectivity index (χ1v) is 7.08. The Labute approximate surface area is 123 Å². The fraction of sp³-hybridized carbons (Fsp3) is 0.500. The Morgan fingerprint density at radius 2 is 2.15 bits per heavy atom. The highest BCUT2D eigenvalue weighted by Gasteiger charge is 2.01. The molecule has 0 atom stereocenters. The minimum Gasteiger partial charge on any atom is -0.382 e. The molecular formula is C14H20ClN3O2. The van der Waals surface area contributed by atoms with Gasteiger partial charge in [0.1, 0.15) is 5.65 Å². The Bertz CT molecular complexity index is 530. The summed E-state index contributed by atoms with van der Waals surface area (Å²) >= 11 is 5.94. The maximum atomic E-state index is 5.94. The van der Waals surface area contributed by atoms with Gasteiger partial charge in [0.25, 0.3) is 0 Å². The van der Waals surface area contributed by atoms with Crippen LogP contribution in [0.25, 0.3) is 5.65 Å². The van der Waals surface area contributed by atoms with Gasteiger partial charge in [0.15, 0.2) is 0 Å². The molecule has 0 unspecified atom stereocenters. The molecule has 110 valence electrons. The first-order chi connectivity index (χ1) is 9.79. The molecule has 2 rings (SSSR count). The van der Waals surface area contributed by atoms with E-state index in [2.05, 4.69) is 10.3 Å². The molecular weight excluding hydrogens is 278 g/mol. The third-order valence-electron chi connectivity index (χ3n) is 2.84. The number of nitrogens with zero attached hydrogens (tertiary/aromatic N) is 2. The van der Waals surface area contributed by atoms with Crippen molar-refractivity contribution in [2.75, 3.05) is 33.5 Å². The van der Waals surface area contributed by atoms with Gasteiger partial charge in [-0.1, -0.05) is 11.6 Å². The normalized spacial score (nSPS) is 11.3. The molecule has 0 aliphatic heterocycles. The second kappa shape index (κ2) is 8.21. The molecule has 0 aliphatic carbocycles. The zero-order chi connectivity index (χ0) is 14.2. The topological polar surface area (TPSA) is 47.8 Å². The van der Waals surface area contributed by atoms with E-state index in [0.717, 1.165) is 37.5 Å². The van der Waals surface area contributed by atoms with Gasteiger partial charge in [-0.25, -0.2) is 4.98 Å². The second-order valence-electron chi connectivity index (χ2n) is 4.48. The van der Waals surface area contributed by atoms with Crippen LogP contribution in [-0.2, 0) is 16.0 Å². The average Bonchev–Trinajstić information content (AvgIpc) is 2.83. The molecule has 0 aromatic carbocycles. The van der Waals surface area contributed by atoms with Gasteiger partial charge in [-0.05, 0) is 25.1 Å². The Morgan fingerprint density at radius 3 is 3.00 bits per heavy atom. The first-order valence-electron chi connectivity index (χ1n) is 6.70. The molecule has 0 saturated heterocycles. The van der Waals surface area contributed by atoms with Gasteiger partial charge in [-0.3, -0.25) is 0 Å². The zero-order valence-corrected chi connectivity index (χ0v) is 12.4. The Morgan fingerprint density at radius 1 is 1.25 bits per heavy atom. The molecule has 0 saturated carbocycles. The Balaban J connectivity index is 1.65. The van der Waals surface area contributed by atoms with Crippen LogP contribution >= 0.6 is 11.6 Å². The van der Waals surface area contributed by atoms with Crippen molar-refractivity contribution in [2.45, 2.75) is 13.0 Å². The van der Waals surface area contributed by atoms with Crippen LogP contribution in [0.3, 0.4) is 0 Å². The Hall–Kier alpha value is -1.14. The number of imidazole rings is 1. The molecule has 0 bridgehead atoms. The van der Waals surface area contributed by atoms with Gasteiger partial charge in [-0.15, -0.1) is 0 Å². The van der Waals surface area contributed by atoms with E-state index in [0.29, 0.717) is 18.2 Å².